The van der Waals surface area contributed by atoms with Gasteiger partial charge in [-0.3, -0.25) is 4.79 Å². The number of aromatic nitrogens is 2. The van der Waals surface area contributed by atoms with Crippen LogP contribution in [0.3, 0.4) is 0 Å². The molecule has 1 aromatic heterocycles. The number of anilines is 2. The van der Waals surface area contributed by atoms with Crippen molar-refractivity contribution in [3.05, 3.63) is 54.4 Å². The summed E-state index contributed by atoms with van der Waals surface area (Å²) >= 11 is 0. The number of carbonyl (C=O) groups is 1. The molecule has 7 nitrogen and oxygen atoms in total. The van der Waals surface area contributed by atoms with Crippen LogP contribution in [0.15, 0.2) is 48.8 Å². The number of aromatic amines is 1. The van der Waals surface area contributed by atoms with Crippen LogP contribution in [0.5, 0.6) is 0 Å². The third-order valence-corrected chi connectivity index (χ3v) is 6.00. The maximum absolute atomic E-state index is 11.7. The van der Waals surface area contributed by atoms with E-state index in [2.05, 4.69) is 56.0 Å². The Hall–Kier alpha value is -2.90. The van der Waals surface area contributed by atoms with E-state index >= 15 is 0 Å². The second-order valence-corrected chi connectivity index (χ2v) is 7.77. The van der Waals surface area contributed by atoms with Crippen molar-refractivity contribution in [1.29, 1.82) is 0 Å². The summed E-state index contributed by atoms with van der Waals surface area (Å²) in [5, 5.41) is 0. The highest BCUT2D eigenvalue weighted by Gasteiger charge is 2.35. The van der Waals surface area contributed by atoms with E-state index in [0.29, 0.717) is 6.61 Å². The number of aldehydes is 1. The largest absolute Gasteiger partial charge is 0.369 e. The summed E-state index contributed by atoms with van der Waals surface area (Å²) in [6.45, 7) is 4.75. The number of piperazine rings is 1. The predicted octanol–water partition coefficient (Wildman–Crippen LogP) is 2.42. The minimum atomic E-state index is -0.585. The summed E-state index contributed by atoms with van der Waals surface area (Å²) in [5.41, 5.74) is 5.20. The van der Waals surface area contributed by atoms with Gasteiger partial charge in [-0.1, -0.05) is 12.1 Å². The van der Waals surface area contributed by atoms with Crippen LogP contribution in [0, 0.1) is 0 Å². The van der Waals surface area contributed by atoms with Crippen molar-refractivity contribution in [2.75, 3.05) is 49.6 Å². The van der Waals surface area contributed by atoms with Gasteiger partial charge in [-0.15, -0.1) is 0 Å². The van der Waals surface area contributed by atoms with Gasteiger partial charge in [0.15, 0.2) is 12.5 Å². The number of fused-ring (bicyclic) bond motifs is 1. The topological polar surface area (TPSA) is 64.7 Å². The molecule has 2 aliphatic heterocycles. The Morgan fingerprint density at radius 1 is 1.07 bits per heavy atom. The Balaban J connectivity index is 1.42. The van der Waals surface area contributed by atoms with Crippen LogP contribution in [-0.2, 0) is 9.53 Å². The second kappa shape index (κ2) is 7.50. The normalized spacial score (nSPS) is 23.1. The van der Waals surface area contributed by atoms with Crippen molar-refractivity contribution in [1.82, 2.24) is 14.9 Å². The van der Waals surface area contributed by atoms with E-state index in [1.807, 2.05) is 18.2 Å². The molecule has 3 aromatic rings. The summed E-state index contributed by atoms with van der Waals surface area (Å²) in [5.74, 6) is 0. The van der Waals surface area contributed by atoms with Crippen molar-refractivity contribution in [3.8, 4) is 0 Å². The molecule has 1 unspecified atom stereocenters. The minimum absolute atomic E-state index is 0.00730. The van der Waals surface area contributed by atoms with Crippen LogP contribution in [0.2, 0.25) is 0 Å². The first kappa shape index (κ1) is 18.1. The molecular formula is C22H25N5O2. The van der Waals surface area contributed by atoms with Crippen LogP contribution in [0.4, 0.5) is 11.4 Å². The van der Waals surface area contributed by atoms with Gasteiger partial charge in [0.25, 0.3) is 0 Å². The fraction of sp³-hybridized carbons (Fsp3) is 0.364. The standard InChI is InChI=1S/C22H25N5O2/c1-25-8-10-26(11-9-25)17-4-2-16(3-5-17)21-14-29-22(13-28)27(21)18-6-7-19-20(12-18)24-15-23-19/h2-7,12-13,15,21-22H,8-11,14H2,1H3,(H,23,24)/t21-,22?/m1/s1. The highest BCUT2D eigenvalue weighted by Crippen LogP contribution is 2.36. The van der Waals surface area contributed by atoms with E-state index in [-0.39, 0.29) is 6.04 Å². The zero-order chi connectivity index (χ0) is 19.8. The summed E-state index contributed by atoms with van der Waals surface area (Å²) in [6, 6.07) is 14.7. The van der Waals surface area contributed by atoms with E-state index in [0.717, 1.165) is 54.7 Å². The monoisotopic (exact) mass is 391 g/mol. The van der Waals surface area contributed by atoms with Crippen LogP contribution in [-0.4, -0.2) is 67.2 Å². The molecule has 0 radical (unpaired) electrons. The van der Waals surface area contributed by atoms with Crippen molar-refractivity contribution in [3.63, 3.8) is 0 Å². The maximum atomic E-state index is 11.7. The first-order chi connectivity index (χ1) is 14.2. The fourth-order valence-corrected chi connectivity index (χ4v) is 4.27. The molecular weight excluding hydrogens is 366 g/mol. The number of benzene rings is 2. The molecule has 2 aromatic carbocycles. The number of likely N-dealkylation sites (N-methyl/N-ethyl adjacent to an activating group) is 1. The van der Waals surface area contributed by atoms with Gasteiger partial charge in [-0.05, 0) is 42.9 Å². The quantitative estimate of drug-likeness (QED) is 0.689. The Kier molecular flexibility index (Phi) is 4.69. The number of ether oxygens (including phenoxy) is 1. The average molecular weight is 391 g/mol. The van der Waals surface area contributed by atoms with E-state index < -0.39 is 6.23 Å². The SMILES string of the molecule is CN1CCN(c2ccc([C@H]3COC(C=O)N3c3ccc4nc[nH]c4c3)cc2)CC1. The lowest BCUT2D eigenvalue weighted by atomic mass is 10.0. The fourth-order valence-electron chi connectivity index (χ4n) is 4.27. The van der Waals surface area contributed by atoms with E-state index in [1.54, 1.807) is 6.33 Å². The van der Waals surface area contributed by atoms with Crippen LogP contribution >= 0.6 is 0 Å². The molecule has 29 heavy (non-hydrogen) atoms. The summed E-state index contributed by atoms with van der Waals surface area (Å²) in [7, 11) is 2.17. The smallest absolute Gasteiger partial charge is 0.187 e. The van der Waals surface area contributed by atoms with E-state index in [4.69, 9.17) is 4.74 Å². The number of carbonyl (C=O) groups excluding carboxylic acids is 1. The summed E-state index contributed by atoms with van der Waals surface area (Å²) in [6.07, 6.45) is 1.97. The molecule has 0 amide bonds. The second-order valence-electron chi connectivity index (χ2n) is 7.77. The van der Waals surface area contributed by atoms with Gasteiger partial charge in [0, 0.05) is 37.6 Å². The van der Waals surface area contributed by atoms with Crippen LogP contribution in [0.25, 0.3) is 11.0 Å². The molecule has 3 heterocycles. The van der Waals surface area contributed by atoms with Gasteiger partial charge < -0.3 is 24.4 Å². The Bertz CT molecular complexity index is 994. The van der Waals surface area contributed by atoms with Gasteiger partial charge in [0.05, 0.1) is 30.0 Å². The number of hydrogen-bond donors (Lipinski definition) is 1. The molecule has 2 aliphatic rings. The van der Waals surface area contributed by atoms with Crippen LogP contribution in [0.1, 0.15) is 11.6 Å². The van der Waals surface area contributed by atoms with Crippen LogP contribution < -0.4 is 9.80 Å². The highest BCUT2D eigenvalue weighted by atomic mass is 16.5. The lowest BCUT2D eigenvalue weighted by Gasteiger charge is -2.34. The lowest BCUT2D eigenvalue weighted by Crippen LogP contribution is -2.44. The molecule has 7 heteroatoms. The Labute approximate surface area is 169 Å². The number of nitrogens with zero attached hydrogens (tertiary/aromatic N) is 4. The van der Waals surface area contributed by atoms with Crippen molar-refractivity contribution in [2.24, 2.45) is 0 Å². The molecule has 0 spiro atoms. The van der Waals surface area contributed by atoms with Crippen molar-refractivity contribution >= 4 is 28.7 Å². The van der Waals surface area contributed by atoms with Crippen molar-refractivity contribution in [2.45, 2.75) is 12.3 Å². The zero-order valence-electron chi connectivity index (χ0n) is 16.5. The van der Waals surface area contributed by atoms with Gasteiger partial charge in [-0.2, -0.15) is 0 Å². The third kappa shape index (κ3) is 3.36. The lowest BCUT2D eigenvalue weighted by molar-refractivity contribution is -0.115. The Morgan fingerprint density at radius 3 is 2.59 bits per heavy atom. The van der Waals surface area contributed by atoms with Gasteiger partial charge in [0.1, 0.15) is 0 Å². The summed E-state index contributed by atoms with van der Waals surface area (Å²) < 4.78 is 5.80. The number of imidazole rings is 1. The van der Waals surface area contributed by atoms with Crippen molar-refractivity contribution < 1.29 is 9.53 Å². The maximum Gasteiger partial charge on any atom is 0.187 e. The summed E-state index contributed by atoms with van der Waals surface area (Å²) in [4.78, 5) is 25.9. The molecule has 150 valence electrons. The third-order valence-electron chi connectivity index (χ3n) is 6.00. The van der Waals surface area contributed by atoms with E-state index in [9.17, 15) is 4.79 Å². The molecule has 2 atom stereocenters. The van der Waals surface area contributed by atoms with E-state index in [1.165, 1.54) is 5.69 Å². The molecule has 5 rings (SSSR count). The molecule has 0 aliphatic carbocycles. The number of hydrogen-bond acceptors (Lipinski definition) is 6. The average Bonchev–Trinajstić information content (AvgIpc) is 3.40. The molecule has 2 fully saturated rings. The molecule has 0 saturated carbocycles. The minimum Gasteiger partial charge on any atom is -0.369 e. The zero-order valence-corrected chi connectivity index (χ0v) is 16.5. The molecule has 2 saturated heterocycles. The number of rotatable bonds is 4. The Morgan fingerprint density at radius 2 is 1.83 bits per heavy atom. The number of H-pyrrole nitrogens is 1. The number of nitrogens with one attached hydrogen (secondary N) is 1. The van der Waals surface area contributed by atoms with Gasteiger partial charge >= 0.3 is 0 Å². The highest BCUT2D eigenvalue weighted by molar-refractivity contribution is 5.80. The first-order valence-electron chi connectivity index (χ1n) is 10.0. The molecule has 1 N–H and O–H groups in total. The van der Waals surface area contributed by atoms with Gasteiger partial charge in [-0.25, -0.2) is 4.98 Å². The first-order valence-corrected chi connectivity index (χ1v) is 10.0. The molecule has 0 bridgehead atoms. The van der Waals surface area contributed by atoms with Gasteiger partial charge in [0.2, 0.25) is 0 Å². The predicted molar refractivity (Wildman–Crippen MR) is 113 cm³/mol.